The van der Waals surface area contributed by atoms with Crippen molar-refractivity contribution in [2.75, 3.05) is 5.32 Å². The summed E-state index contributed by atoms with van der Waals surface area (Å²) >= 11 is 6.16. The van der Waals surface area contributed by atoms with Crippen molar-refractivity contribution in [2.45, 2.75) is 36.6 Å². The Bertz CT molecular complexity index is 1440. The first kappa shape index (κ1) is 21.1. The van der Waals surface area contributed by atoms with E-state index in [9.17, 15) is 9.90 Å². The van der Waals surface area contributed by atoms with Crippen LogP contribution in [0.25, 0.3) is 22.6 Å². The number of rotatable bonds is 4. The highest BCUT2D eigenvalue weighted by Crippen LogP contribution is 2.56. The van der Waals surface area contributed by atoms with Crippen LogP contribution in [-0.4, -0.2) is 16.6 Å². The molecular weight excluding hydrogens is 446 g/mol. The van der Waals surface area contributed by atoms with E-state index in [0.29, 0.717) is 17.9 Å². The minimum atomic E-state index is -1.03. The third-order valence-electron chi connectivity index (χ3n) is 7.63. The average molecular weight is 470 g/mol. The van der Waals surface area contributed by atoms with Gasteiger partial charge in [0, 0.05) is 21.5 Å². The van der Waals surface area contributed by atoms with Gasteiger partial charge in [-0.05, 0) is 90.4 Å². The molecule has 5 heteroatoms. The van der Waals surface area contributed by atoms with Crippen LogP contribution in [0.4, 0.5) is 5.69 Å². The first-order chi connectivity index (χ1) is 16.5. The summed E-state index contributed by atoms with van der Waals surface area (Å²) in [6, 6.07) is 24.1. The van der Waals surface area contributed by atoms with E-state index in [4.69, 9.17) is 16.0 Å². The van der Waals surface area contributed by atoms with E-state index in [-0.39, 0.29) is 5.41 Å². The maximum absolute atomic E-state index is 12.6. The normalized spacial score (nSPS) is 23.6. The number of furan rings is 1. The Kier molecular flexibility index (Phi) is 4.82. The lowest BCUT2D eigenvalue weighted by atomic mass is 9.61. The molecule has 170 valence electrons. The molecule has 0 radical (unpaired) electrons. The van der Waals surface area contributed by atoms with Gasteiger partial charge in [-0.25, -0.2) is 4.79 Å². The summed E-state index contributed by atoms with van der Waals surface area (Å²) in [5.41, 5.74) is 5.28. The Morgan fingerprint density at radius 3 is 2.56 bits per heavy atom. The molecule has 1 spiro atoms. The lowest BCUT2D eigenvalue weighted by Crippen LogP contribution is -2.52. The summed E-state index contributed by atoms with van der Waals surface area (Å²) in [6.45, 7) is 0. The van der Waals surface area contributed by atoms with Gasteiger partial charge in [-0.2, -0.15) is 0 Å². The third-order valence-corrected chi connectivity index (χ3v) is 7.86. The van der Waals surface area contributed by atoms with Crippen molar-refractivity contribution in [1.82, 2.24) is 0 Å². The molecule has 2 aliphatic carbocycles. The standard InChI is InChI=1S/C29H24ClNO3/c30-22-5-3-6-23(18-22)31-29(27(32)33)13-11-28(12-14-29)24-7-2-1-4-19(24)17-25(28)20-8-9-26-21(16-20)10-15-34-26/h1-10,15-18,31H,11-14H2,(H,32,33). The van der Waals surface area contributed by atoms with E-state index in [2.05, 4.69) is 47.8 Å². The SMILES string of the molecule is O=C(O)C1(Nc2cccc(Cl)c2)CCC2(CC1)C(c1ccc3occc3c1)=Cc1ccccc12. The smallest absolute Gasteiger partial charge is 0.329 e. The number of allylic oxidation sites excluding steroid dienone is 1. The van der Waals surface area contributed by atoms with Crippen molar-refractivity contribution in [2.24, 2.45) is 0 Å². The summed E-state index contributed by atoms with van der Waals surface area (Å²) in [4.78, 5) is 12.6. The molecule has 0 amide bonds. The molecule has 0 aliphatic heterocycles. The first-order valence-electron chi connectivity index (χ1n) is 11.6. The Morgan fingerprint density at radius 2 is 1.76 bits per heavy atom. The second kappa shape index (κ2) is 7.78. The summed E-state index contributed by atoms with van der Waals surface area (Å²) in [6.07, 6.45) is 6.49. The van der Waals surface area contributed by atoms with Crippen molar-refractivity contribution in [3.05, 3.63) is 101 Å². The van der Waals surface area contributed by atoms with E-state index >= 15 is 0 Å². The van der Waals surface area contributed by atoms with Crippen LogP contribution in [0.2, 0.25) is 5.02 Å². The largest absolute Gasteiger partial charge is 0.480 e. The van der Waals surface area contributed by atoms with Gasteiger partial charge in [-0.15, -0.1) is 0 Å². The second-order valence-corrected chi connectivity index (χ2v) is 9.86. The second-order valence-electron chi connectivity index (χ2n) is 9.42. The van der Waals surface area contributed by atoms with Crippen LogP contribution in [-0.2, 0) is 10.2 Å². The van der Waals surface area contributed by atoms with Gasteiger partial charge in [0.2, 0.25) is 0 Å². The molecule has 6 rings (SSSR count). The van der Waals surface area contributed by atoms with Crippen LogP contribution >= 0.6 is 11.6 Å². The van der Waals surface area contributed by atoms with Crippen molar-refractivity contribution < 1.29 is 14.3 Å². The molecule has 1 fully saturated rings. The summed E-state index contributed by atoms with van der Waals surface area (Å²) in [7, 11) is 0. The number of fused-ring (bicyclic) bond motifs is 3. The minimum Gasteiger partial charge on any atom is -0.480 e. The highest BCUT2D eigenvalue weighted by molar-refractivity contribution is 6.30. The number of carboxylic acids is 1. The number of hydrogen-bond donors (Lipinski definition) is 2. The number of aliphatic carboxylic acids is 1. The molecule has 2 aliphatic rings. The van der Waals surface area contributed by atoms with Crippen LogP contribution in [0, 0.1) is 0 Å². The number of halogens is 1. The number of hydrogen-bond acceptors (Lipinski definition) is 3. The quantitative estimate of drug-likeness (QED) is 0.327. The molecule has 2 N–H and O–H groups in total. The predicted molar refractivity (Wildman–Crippen MR) is 136 cm³/mol. The van der Waals surface area contributed by atoms with E-state index in [1.807, 2.05) is 24.3 Å². The van der Waals surface area contributed by atoms with Gasteiger partial charge in [0.05, 0.1) is 6.26 Å². The molecule has 34 heavy (non-hydrogen) atoms. The van der Waals surface area contributed by atoms with Gasteiger partial charge in [-0.1, -0.05) is 48.0 Å². The van der Waals surface area contributed by atoms with Crippen LogP contribution in [0.5, 0.6) is 0 Å². The van der Waals surface area contributed by atoms with Crippen molar-refractivity contribution in [1.29, 1.82) is 0 Å². The van der Waals surface area contributed by atoms with Gasteiger partial charge in [0.1, 0.15) is 11.1 Å². The van der Waals surface area contributed by atoms with Crippen molar-refractivity contribution in [3.63, 3.8) is 0 Å². The molecule has 0 unspecified atom stereocenters. The zero-order chi connectivity index (χ0) is 23.3. The fraction of sp³-hybridized carbons (Fsp3) is 0.207. The van der Waals surface area contributed by atoms with Crippen molar-refractivity contribution >= 4 is 45.9 Å². The van der Waals surface area contributed by atoms with Crippen LogP contribution in [0.3, 0.4) is 0 Å². The first-order valence-corrected chi connectivity index (χ1v) is 11.9. The van der Waals surface area contributed by atoms with E-state index in [0.717, 1.165) is 35.1 Å². The zero-order valence-electron chi connectivity index (χ0n) is 18.6. The monoisotopic (exact) mass is 469 g/mol. The van der Waals surface area contributed by atoms with E-state index in [1.54, 1.807) is 18.4 Å². The number of carboxylic acid groups (broad SMARTS) is 1. The Morgan fingerprint density at radius 1 is 0.941 bits per heavy atom. The van der Waals surface area contributed by atoms with Gasteiger partial charge in [0.25, 0.3) is 0 Å². The number of nitrogens with one attached hydrogen (secondary N) is 1. The Balaban J connectivity index is 1.39. The highest BCUT2D eigenvalue weighted by atomic mass is 35.5. The maximum Gasteiger partial charge on any atom is 0.329 e. The van der Waals surface area contributed by atoms with Crippen LogP contribution in [0.15, 0.2) is 83.5 Å². The third kappa shape index (κ3) is 3.24. The Hall–Kier alpha value is -3.50. The molecule has 1 aromatic heterocycles. The molecule has 0 bridgehead atoms. The summed E-state index contributed by atoms with van der Waals surface area (Å²) in [5, 5.41) is 15.3. The average Bonchev–Trinajstić information content (AvgIpc) is 3.43. The highest BCUT2D eigenvalue weighted by Gasteiger charge is 2.51. The summed E-state index contributed by atoms with van der Waals surface area (Å²) in [5.74, 6) is -0.820. The van der Waals surface area contributed by atoms with Gasteiger partial charge < -0.3 is 14.8 Å². The lowest BCUT2D eigenvalue weighted by molar-refractivity contribution is -0.143. The molecule has 1 saturated carbocycles. The fourth-order valence-electron chi connectivity index (χ4n) is 5.87. The number of carbonyl (C=O) groups is 1. The van der Waals surface area contributed by atoms with Crippen LogP contribution < -0.4 is 5.32 Å². The van der Waals surface area contributed by atoms with Gasteiger partial charge in [-0.3, -0.25) is 0 Å². The van der Waals surface area contributed by atoms with Gasteiger partial charge in [0.15, 0.2) is 0 Å². The molecular formula is C29H24ClNO3. The maximum atomic E-state index is 12.6. The predicted octanol–water partition coefficient (Wildman–Crippen LogP) is 7.39. The molecule has 0 saturated heterocycles. The molecule has 4 aromatic rings. The molecule has 3 aromatic carbocycles. The van der Waals surface area contributed by atoms with Gasteiger partial charge >= 0.3 is 5.97 Å². The minimum absolute atomic E-state index is 0.219. The molecule has 0 atom stereocenters. The van der Waals surface area contributed by atoms with E-state index in [1.165, 1.54) is 16.7 Å². The topological polar surface area (TPSA) is 62.5 Å². The zero-order valence-corrected chi connectivity index (χ0v) is 19.3. The lowest BCUT2D eigenvalue weighted by Gasteiger charge is -2.45. The molecule has 4 nitrogen and oxygen atoms in total. The number of anilines is 1. The summed E-state index contributed by atoms with van der Waals surface area (Å²) < 4.78 is 5.55. The number of benzene rings is 3. The van der Waals surface area contributed by atoms with Crippen molar-refractivity contribution in [3.8, 4) is 0 Å². The Labute approximate surface area is 202 Å². The fourth-order valence-corrected chi connectivity index (χ4v) is 6.06. The van der Waals surface area contributed by atoms with E-state index < -0.39 is 11.5 Å². The molecule has 1 heterocycles. The van der Waals surface area contributed by atoms with Crippen LogP contribution in [0.1, 0.15) is 42.4 Å².